The van der Waals surface area contributed by atoms with Crippen molar-refractivity contribution in [1.29, 1.82) is 5.26 Å². The van der Waals surface area contributed by atoms with Crippen molar-refractivity contribution in [2.45, 2.75) is 12.8 Å². The minimum Gasteiger partial charge on any atom is -0.493 e. The van der Waals surface area contributed by atoms with E-state index in [0.717, 1.165) is 5.56 Å². The molecule has 4 rings (SSSR count). The minimum atomic E-state index is -0.570. The number of fused-ring (bicyclic) bond motifs is 1. The smallest absolute Gasteiger partial charge is 0.343 e. The molecule has 0 fully saturated rings. The van der Waals surface area contributed by atoms with Gasteiger partial charge in [-0.25, -0.2) is 4.79 Å². The van der Waals surface area contributed by atoms with Gasteiger partial charge in [0, 0.05) is 11.6 Å². The summed E-state index contributed by atoms with van der Waals surface area (Å²) in [6, 6.07) is 17.8. The van der Waals surface area contributed by atoms with Crippen LogP contribution in [0.3, 0.4) is 0 Å². The molecule has 0 aliphatic carbocycles. The SMILES string of the molecule is COc1cc(C2C(C#N)=C(N)Oc3cc(OC(=O)c4cccc(C)c4)ccc32)cc(OC)c1OC. The molecule has 0 spiro atoms. The fraction of sp³-hybridized carbons (Fsp3) is 0.185. The van der Waals surface area contributed by atoms with Gasteiger partial charge in [-0.05, 0) is 42.8 Å². The Kier molecular flexibility index (Phi) is 6.51. The molecule has 0 bridgehead atoms. The molecule has 3 aromatic rings. The van der Waals surface area contributed by atoms with E-state index >= 15 is 0 Å². The molecule has 2 N–H and O–H groups in total. The Morgan fingerprint density at radius 2 is 1.71 bits per heavy atom. The van der Waals surface area contributed by atoms with Crippen LogP contribution in [0.2, 0.25) is 0 Å². The van der Waals surface area contributed by atoms with Crippen molar-refractivity contribution in [2.24, 2.45) is 5.73 Å². The van der Waals surface area contributed by atoms with E-state index < -0.39 is 11.9 Å². The number of benzene rings is 3. The van der Waals surface area contributed by atoms with Gasteiger partial charge in [0.25, 0.3) is 0 Å². The van der Waals surface area contributed by atoms with Gasteiger partial charge in [0.05, 0.1) is 32.8 Å². The Morgan fingerprint density at radius 3 is 2.31 bits per heavy atom. The quantitative estimate of drug-likeness (QED) is 0.413. The van der Waals surface area contributed by atoms with E-state index in [-0.39, 0.29) is 17.2 Å². The number of carbonyl (C=O) groups is 1. The monoisotopic (exact) mass is 472 g/mol. The maximum Gasteiger partial charge on any atom is 0.343 e. The molecule has 178 valence electrons. The second-order valence-corrected chi connectivity index (χ2v) is 7.84. The first-order chi connectivity index (χ1) is 16.9. The second-order valence-electron chi connectivity index (χ2n) is 7.84. The van der Waals surface area contributed by atoms with E-state index in [4.69, 9.17) is 29.4 Å². The summed E-state index contributed by atoms with van der Waals surface area (Å²) in [5.41, 5.74) is 9.10. The fourth-order valence-electron chi connectivity index (χ4n) is 4.05. The lowest BCUT2D eigenvalue weighted by Crippen LogP contribution is -2.21. The van der Waals surface area contributed by atoms with Crippen LogP contribution in [0.5, 0.6) is 28.7 Å². The fourth-order valence-corrected chi connectivity index (χ4v) is 4.05. The molecule has 0 radical (unpaired) electrons. The first-order valence-electron chi connectivity index (χ1n) is 10.7. The molecule has 1 unspecified atom stereocenters. The number of hydrogen-bond donors (Lipinski definition) is 1. The number of nitrogens with zero attached hydrogens (tertiary/aromatic N) is 1. The van der Waals surface area contributed by atoms with Gasteiger partial charge in [-0.1, -0.05) is 23.8 Å². The molecule has 0 amide bonds. The number of esters is 1. The van der Waals surface area contributed by atoms with E-state index in [1.807, 2.05) is 13.0 Å². The van der Waals surface area contributed by atoms with Crippen LogP contribution >= 0.6 is 0 Å². The molecule has 1 heterocycles. The Balaban J connectivity index is 1.76. The first-order valence-corrected chi connectivity index (χ1v) is 10.7. The molecular weight excluding hydrogens is 448 g/mol. The highest BCUT2D eigenvalue weighted by Crippen LogP contribution is 2.47. The summed E-state index contributed by atoms with van der Waals surface area (Å²) in [5.74, 6) is 0.859. The van der Waals surface area contributed by atoms with Gasteiger partial charge in [0.1, 0.15) is 23.1 Å². The summed E-state index contributed by atoms with van der Waals surface area (Å²) in [6.07, 6.45) is 0. The summed E-state index contributed by atoms with van der Waals surface area (Å²) >= 11 is 0. The molecule has 0 saturated carbocycles. The van der Waals surface area contributed by atoms with Crippen LogP contribution in [0.15, 0.2) is 66.1 Å². The topological polar surface area (TPSA) is 113 Å². The highest BCUT2D eigenvalue weighted by molar-refractivity contribution is 5.91. The molecule has 8 heteroatoms. The van der Waals surface area contributed by atoms with Crippen LogP contribution in [0.1, 0.15) is 33.0 Å². The van der Waals surface area contributed by atoms with Gasteiger partial charge >= 0.3 is 5.97 Å². The number of allylic oxidation sites excluding steroid dienone is 1. The summed E-state index contributed by atoms with van der Waals surface area (Å²) in [6.45, 7) is 1.90. The lowest BCUT2D eigenvalue weighted by Gasteiger charge is -2.27. The number of rotatable bonds is 6. The zero-order valence-electron chi connectivity index (χ0n) is 19.7. The molecule has 1 aliphatic heterocycles. The largest absolute Gasteiger partial charge is 0.493 e. The number of nitrogens with two attached hydrogens (primary N) is 1. The Hall–Kier alpha value is -4.64. The van der Waals surface area contributed by atoms with Crippen molar-refractivity contribution in [2.75, 3.05) is 21.3 Å². The Labute approximate surface area is 203 Å². The predicted molar refractivity (Wildman–Crippen MR) is 128 cm³/mol. The summed E-state index contributed by atoms with van der Waals surface area (Å²) in [7, 11) is 4.55. The molecule has 1 aliphatic rings. The third-order valence-corrected chi connectivity index (χ3v) is 5.68. The van der Waals surface area contributed by atoms with Gasteiger partial charge < -0.3 is 29.4 Å². The molecule has 35 heavy (non-hydrogen) atoms. The second kappa shape index (κ2) is 9.69. The standard InChI is InChI=1S/C27H24N2O6/c1-15-6-5-7-16(10-15)27(30)34-18-8-9-19-21(13-18)35-26(29)20(14-28)24(19)17-11-22(31-2)25(33-4)23(12-17)32-3/h5-13,24H,29H2,1-4H3. The maximum atomic E-state index is 12.6. The number of hydrogen-bond acceptors (Lipinski definition) is 8. The average Bonchev–Trinajstić information content (AvgIpc) is 2.86. The number of carbonyl (C=O) groups excluding carboxylic acids is 1. The van der Waals surface area contributed by atoms with E-state index in [2.05, 4.69) is 6.07 Å². The van der Waals surface area contributed by atoms with Crippen molar-refractivity contribution in [3.63, 3.8) is 0 Å². The van der Waals surface area contributed by atoms with Crippen LogP contribution in [0.4, 0.5) is 0 Å². The molecule has 0 aromatic heterocycles. The lowest BCUT2D eigenvalue weighted by molar-refractivity contribution is 0.0734. The number of aryl methyl sites for hydroxylation is 1. The Morgan fingerprint density at radius 1 is 1.00 bits per heavy atom. The summed E-state index contributed by atoms with van der Waals surface area (Å²) in [5, 5.41) is 9.87. The van der Waals surface area contributed by atoms with E-state index in [9.17, 15) is 10.1 Å². The van der Waals surface area contributed by atoms with Crippen LogP contribution in [0, 0.1) is 18.3 Å². The van der Waals surface area contributed by atoms with Gasteiger partial charge in [-0.2, -0.15) is 5.26 Å². The predicted octanol–water partition coefficient (Wildman–Crippen LogP) is 4.46. The normalized spacial score (nSPS) is 14.3. The highest BCUT2D eigenvalue weighted by Gasteiger charge is 2.32. The van der Waals surface area contributed by atoms with Crippen LogP contribution in [-0.2, 0) is 0 Å². The van der Waals surface area contributed by atoms with Crippen LogP contribution in [0.25, 0.3) is 0 Å². The van der Waals surface area contributed by atoms with Gasteiger partial charge in [0.2, 0.25) is 11.6 Å². The van der Waals surface area contributed by atoms with Crippen LogP contribution < -0.4 is 29.4 Å². The zero-order valence-corrected chi connectivity index (χ0v) is 19.7. The third-order valence-electron chi connectivity index (χ3n) is 5.68. The van der Waals surface area contributed by atoms with E-state index in [1.54, 1.807) is 48.5 Å². The van der Waals surface area contributed by atoms with Crippen LogP contribution in [-0.4, -0.2) is 27.3 Å². The van der Waals surface area contributed by atoms with Crippen molar-refractivity contribution in [1.82, 2.24) is 0 Å². The summed E-state index contributed by atoms with van der Waals surface area (Å²) < 4.78 is 27.7. The van der Waals surface area contributed by atoms with Crippen molar-refractivity contribution in [3.8, 4) is 34.8 Å². The first kappa shape index (κ1) is 23.5. The van der Waals surface area contributed by atoms with Gasteiger partial charge in [-0.3, -0.25) is 0 Å². The van der Waals surface area contributed by atoms with E-state index in [0.29, 0.717) is 39.7 Å². The average molecular weight is 472 g/mol. The molecule has 3 aromatic carbocycles. The number of nitriles is 1. The summed E-state index contributed by atoms with van der Waals surface area (Å²) in [4.78, 5) is 12.6. The lowest BCUT2D eigenvalue weighted by atomic mass is 9.83. The molecule has 0 saturated heterocycles. The van der Waals surface area contributed by atoms with Gasteiger partial charge in [-0.15, -0.1) is 0 Å². The van der Waals surface area contributed by atoms with Crippen molar-refractivity contribution in [3.05, 3.63) is 88.3 Å². The third kappa shape index (κ3) is 4.44. The number of ether oxygens (including phenoxy) is 5. The zero-order chi connectivity index (χ0) is 25.1. The van der Waals surface area contributed by atoms with E-state index in [1.165, 1.54) is 21.3 Å². The van der Waals surface area contributed by atoms with Crippen molar-refractivity contribution >= 4 is 5.97 Å². The Bertz CT molecular complexity index is 1350. The highest BCUT2D eigenvalue weighted by atomic mass is 16.5. The van der Waals surface area contributed by atoms with Crippen molar-refractivity contribution < 1.29 is 28.5 Å². The number of methoxy groups -OCH3 is 3. The molecular formula is C27H24N2O6. The molecule has 8 nitrogen and oxygen atoms in total. The minimum absolute atomic E-state index is 0.0408. The molecule has 1 atom stereocenters. The maximum absolute atomic E-state index is 12.6. The van der Waals surface area contributed by atoms with Gasteiger partial charge in [0.15, 0.2) is 11.5 Å².